The number of ether oxygens (including phenoxy) is 2. The summed E-state index contributed by atoms with van der Waals surface area (Å²) in [6.45, 7) is 7.44. The number of hydrogen-bond donors (Lipinski definition) is 1. The lowest BCUT2D eigenvalue weighted by Crippen LogP contribution is -2.42. The van der Waals surface area contributed by atoms with Crippen LogP contribution in [0.2, 0.25) is 0 Å². The fraction of sp³-hybridized carbons (Fsp3) is 0.588. The van der Waals surface area contributed by atoms with E-state index in [2.05, 4.69) is 6.58 Å². The average molecular weight is 307 g/mol. The molecule has 2 rings (SSSR count). The lowest BCUT2D eigenvalue weighted by molar-refractivity contribution is -0.146. The van der Waals surface area contributed by atoms with E-state index in [-0.39, 0.29) is 18.6 Å². The Kier molecular flexibility index (Phi) is 5.80. The number of rotatable bonds is 5. The largest absolute Gasteiger partial charge is 0.467 e. The first-order valence-corrected chi connectivity index (χ1v) is 7.70. The van der Waals surface area contributed by atoms with Crippen molar-refractivity contribution in [1.82, 2.24) is 4.90 Å². The third kappa shape index (κ3) is 3.78. The van der Waals surface area contributed by atoms with Crippen molar-refractivity contribution in [2.24, 2.45) is 5.92 Å². The van der Waals surface area contributed by atoms with E-state index in [1.165, 1.54) is 7.11 Å². The Morgan fingerprint density at radius 2 is 2.18 bits per heavy atom. The van der Waals surface area contributed by atoms with Crippen molar-refractivity contribution in [2.75, 3.05) is 26.9 Å². The summed E-state index contributed by atoms with van der Waals surface area (Å²) in [5.41, 5.74) is 2.42. The maximum absolute atomic E-state index is 12.3. The Labute approximate surface area is 131 Å². The Morgan fingerprint density at radius 3 is 2.73 bits per heavy atom. The van der Waals surface area contributed by atoms with Gasteiger partial charge in [0.25, 0.3) is 0 Å². The zero-order valence-electron chi connectivity index (χ0n) is 13.4. The maximum atomic E-state index is 12.3. The van der Waals surface area contributed by atoms with Gasteiger partial charge >= 0.3 is 5.97 Å². The third-order valence-electron chi connectivity index (χ3n) is 4.30. The number of hydrogen-bond acceptors (Lipinski definition) is 5. The van der Waals surface area contributed by atoms with E-state index in [0.29, 0.717) is 11.6 Å². The van der Waals surface area contributed by atoms with Gasteiger partial charge in [0.15, 0.2) is 0 Å². The first-order valence-electron chi connectivity index (χ1n) is 7.70. The molecule has 2 heterocycles. The molecule has 2 aliphatic rings. The van der Waals surface area contributed by atoms with Crippen LogP contribution in [-0.4, -0.2) is 48.9 Å². The minimum atomic E-state index is -0.381. The van der Waals surface area contributed by atoms with E-state index in [1.54, 1.807) is 0 Å². The zero-order valence-corrected chi connectivity index (χ0v) is 13.4. The van der Waals surface area contributed by atoms with Gasteiger partial charge in [0.1, 0.15) is 6.04 Å². The standard InChI is InChI=1S/C17H25NO4/c1-12-8-15(11-19)9-13(2)18(12)16(17(20)21-3)10-14-4-6-22-7-5-14/h8-9,14,16,19H,1,4-7,10-11H2,2-3H3. The molecule has 1 saturated heterocycles. The molecular weight excluding hydrogens is 282 g/mol. The quantitative estimate of drug-likeness (QED) is 0.787. The van der Waals surface area contributed by atoms with Gasteiger partial charge in [0.05, 0.1) is 13.7 Å². The molecule has 0 aromatic rings. The van der Waals surface area contributed by atoms with Crippen molar-refractivity contribution in [3.8, 4) is 0 Å². The van der Waals surface area contributed by atoms with Crippen LogP contribution >= 0.6 is 0 Å². The molecule has 0 radical (unpaired) electrons. The van der Waals surface area contributed by atoms with Crippen molar-refractivity contribution in [3.63, 3.8) is 0 Å². The number of carbonyl (C=O) groups excluding carboxylic acids is 1. The summed E-state index contributed by atoms with van der Waals surface area (Å²) in [4.78, 5) is 14.2. The topological polar surface area (TPSA) is 59.0 Å². The van der Waals surface area contributed by atoms with Crippen molar-refractivity contribution in [3.05, 3.63) is 35.7 Å². The molecule has 0 amide bonds. The van der Waals surface area contributed by atoms with Crippen LogP contribution in [0.5, 0.6) is 0 Å². The third-order valence-corrected chi connectivity index (χ3v) is 4.30. The summed E-state index contributed by atoms with van der Waals surface area (Å²) < 4.78 is 10.4. The van der Waals surface area contributed by atoms with Gasteiger partial charge in [-0.25, -0.2) is 4.79 Å². The second kappa shape index (κ2) is 7.61. The molecule has 0 bridgehead atoms. The van der Waals surface area contributed by atoms with Gasteiger partial charge in [-0.15, -0.1) is 0 Å². The highest BCUT2D eigenvalue weighted by Crippen LogP contribution is 2.30. The summed E-state index contributed by atoms with van der Waals surface area (Å²) in [5, 5.41) is 9.29. The monoisotopic (exact) mass is 307 g/mol. The molecular formula is C17H25NO4. The molecule has 5 heteroatoms. The minimum absolute atomic E-state index is 0.0347. The van der Waals surface area contributed by atoms with Crippen LogP contribution in [0.15, 0.2) is 35.7 Å². The number of aliphatic hydroxyl groups is 1. The number of aliphatic hydroxyl groups excluding tert-OH is 1. The van der Waals surface area contributed by atoms with Gasteiger partial charge in [-0.05, 0) is 49.8 Å². The van der Waals surface area contributed by atoms with Crippen LogP contribution in [-0.2, 0) is 14.3 Å². The van der Waals surface area contributed by atoms with Gasteiger partial charge in [-0.1, -0.05) is 6.58 Å². The van der Waals surface area contributed by atoms with Crippen LogP contribution in [0.4, 0.5) is 0 Å². The Hall–Kier alpha value is -1.59. The normalized spacial score (nSPS) is 21.2. The van der Waals surface area contributed by atoms with Crippen molar-refractivity contribution >= 4 is 5.97 Å². The van der Waals surface area contributed by atoms with E-state index in [1.807, 2.05) is 24.0 Å². The Bertz CT molecular complexity index is 489. The van der Waals surface area contributed by atoms with Crippen LogP contribution < -0.4 is 0 Å². The molecule has 0 saturated carbocycles. The highest BCUT2D eigenvalue weighted by Gasteiger charge is 2.33. The van der Waals surface area contributed by atoms with Gasteiger partial charge < -0.3 is 19.5 Å². The first-order chi connectivity index (χ1) is 10.6. The predicted molar refractivity (Wildman–Crippen MR) is 83.9 cm³/mol. The van der Waals surface area contributed by atoms with Gasteiger partial charge in [-0.2, -0.15) is 0 Å². The molecule has 122 valence electrons. The summed E-state index contributed by atoms with van der Waals surface area (Å²) >= 11 is 0. The van der Waals surface area contributed by atoms with E-state index in [9.17, 15) is 9.90 Å². The smallest absolute Gasteiger partial charge is 0.328 e. The van der Waals surface area contributed by atoms with E-state index in [0.717, 1.165) is 43.7 Å². The van der Waals surface area contributed by atoms with E-state index in [4.69, 9.17) is 9.47 Å². The van der Waals surface area contributed by atoms with Gasteiger partial charge in [0.2, 0.25) is 0 Å². The molecule has 0 spiro atoms. The predicted octanol–water partition coefficient (Wildman–Crippen LogP) is 2.00. The van der Waals surface area contributed by atoms with Crippen LogP contribution in [0, 0.1) is 5.92 Å². The second-order valence-corrected chi connectivity index (χ2v) is 5.85. The summed E-state index contributed by atoms with van der Waals surface area (Å²) in [6.07, 6.45) is 6.35. The summed E-state index contributed by atoms with van der Waals surface area (Å²) in [7, 11) is 1.42. The average Bonchev–Trinajstić information content (AvgIpc) is 2.53. The molecule has 1 N–H and O–H groups in total. The van der Waals surface area contributed by atoms with Crippen LogP contribution in [0.1, 0.15) is 26.2 Å². The number of methoxy groups -OCH3 is 1. The number of carbonyl (C=O) groups is 1. The van der Waals surface area contributed by atoms with E-state index < -0.39 is 0 Å². The maximum Gasteiger partial charge on any atom is 0.328 e. The van der Waals surface area contributed by atoms with Gasteiger partial charge in [0, 0.05) is 24.6 Å². The summed E-state index contributed by atoms with van der Waals surface area (Å²) in [5.74, 6) is 0.197. The molecule has 1 fully saturated rings. The number of esters is 1. The first kappa shape index (κ1) is 16.8. The van der Waals surface area contributed by atoms with Crippen molar-refractivity contribution < 1.29 is 19.4 Å². The molecule has 0 aromatic carbocycles. The summed E-state index contributed by atoms with van der Waals surface area (Å²) in [6, 6.07) is -0.381. The zero-order chi connectivity index (χ0) is 16.1. The van der Waals surface area contributed by atoms with E-state index >= 15 is 0 Å². The van der Waals surface area contributed by atoms with Crippen LogP contribution in [0.3, 0.4) is 0 Å². The fourth-order valence-electron chi connectivity index (χ4n) is 3.17. The highest BCUT2D eigenvalue weighted by molar-refractivity contribution is 5.76. The Balaban J connectivity index is 2.18. The highest BCUT2D eigenvalue weighted by atomic mass is 16.5. The second-order valence-electron chi connectivity index (χ2n) is 5.85. The minimum Gasteiger partial charge on any atom is -0.467 e. The molecule has 2 aliphatic heterocycles. The van der Waals surface area contributed by atoms with Crippen molar-refractivity contribution in [2.45, 2.75) is 32.2 Å². The molecule has 1 unspecified atom stereocenters. The lowest BCUT2D eigenvalue weighted by atomic mass is 9.90. The van der Waals surface area contributed by atoms with Gasteiger partial charge in [-0.3, -0.25) is 0 Å². The fourth-order valence-corrected chi connectivity index (χ4v) is 3.17. The lowest BCUT2D eigenvalue weighted by Gasteiger charge is -2.37. The number of nitrogens with zero attached hydrogens (tertiary/aromatic N) is 1. The van der Waals surface area contributed by atoms with Crippen molar-refractivity contribution in [1.29, 1.82) is 0 Å². The van der Waals surface area contributed by atoms with Crippen LogP contribution in [0.25, 0.3) is 0 Å². The SMILES string of the molecule is C=C1C=C(CO)C=C(C)N1C(CC1CCOCC1)C(=O)OC. The number of allylic oxidation sites excluding steroid dienone is 2. The molecule has 0 aromatic heterocycles. The molecule has 0 aliphatic carbocycles. The Morgan fingerprint density at radius 1 is 1.50 bits per heavy atom. The molecule has 1 atom stereocenters. The molecule has 22 heavy (non-hydrogen) atoms. The molecule has 5 nitrogen and oxygen atoms in total.